The Morgan fingerprint density at radius 3 is 1.02 bits per heavy atom. The van der Waals surface area contributed by atoms with Gasteiger partial charge in [-0.1, -0.05) is 59.7 Å². The van der Waals surface area contributed by atoms with Crippen LogP contribution in [0.25, 0.3) is 65.4 Å². The molecule has 9 aromatic carbocycles. The second-order valence-corrected chi connectivity index (χ2v) is 16.8. The van der Waals surface area contributed by atoms with Crippen molar-refractivity contribution in [3.05, 3.63) is 191 Å². The first-order chi connectivity index (χ1) is 29.1. The quantitative estimate of drug-likeness (QED) is 0.168. The summed E-state index contributed by atoms with van der Waals surface area (Å²) in [6.45, 7) is 12.9. The molecule has 0 unspecified atom stereocenters. The second-order valence-electron chi connectivity index (χ2n) is 16.8. The lowest BCUT2D eigenvalue weighted by atomic mass is 10.00. The fourth-order valence-electron chi connectivity index (χ4n) is 9.31. The molecule has 0 saturated heterocycles. The van der Waals surface area contributed by atoms with Crippen molar-refractivity contribution in [2.45, 2.75) is 41.5 Å². The molecule has 0 atom stereocenters. The van der Waals surface area contributed by atoms with Crippen LogP contribution >= 0.6 is 0 Å². The third kappa shape index (κ3) is 6.06. The zero-order chi connectivity index (χ0) is 40.8. The van der Waals surface area contributed by atoms with Crippen molar-refractivity contribution >= 4 is 99.5 Å². The number of aryl methyl sites for hydroxylation is 6. The van der Waals surface area contributed by atoms with Gasteiger partial charge in [0, 0.05) is 55.7 Å². The maximum absolute atomic E-state index is 6.68. The molecule has 0 radical (unpaired) electrons. The number of benzene rings is 9. The summed E-state index contributed by atoms with van der Waals surface area (Å²) in [5.74, 6) is 0. The van der Waals surface area contributed by atoms with Crippen LogP contribution < -0.4 is 9.80 Å². The summed E-state index contributed by atoms with van der Waals surface area (Å²) in [5.41, 5.74) is 17.6. The zero-order valence-electron chi connectivity index (χ0n) is 34.7. The van der Waals surface area contributed by atoms with Gasteiger partial charge < -0.3 is 18.6 Å². The number of furan rings is 2. The Morgan fingerprint density at radius 1 is 0.267 bits per heavy atom. The number of nitrogens with zero attached hydrogens (tertiary/aromatic N) is 2. The molecule has 60 heavy (non-hydrogen) atoms. The van der Waals surface area contributed by atoms with E-state index in [4.69, 9.17) is 8.83 Å². The van der Waals surface area contributed by atoms with Crippen LogP contribution in [0.2, 0.25) is 0 Å². The van der Waals surface area contributed by atoms with Crippen LogP contribution in [-0.2, 0) is 0 Å². The second kappa shape index (κ2) is 13.6. The molecule has 0 bridgehead atoms. The Balaban J connectivity index is 1.04. The maximum atomic E-state index is 6.68. The standard InChI is InChI=1S/C56H44N2O2/c1-33-7-13-43(14-8-33)57(47-23-35(3)21-36(4)24-47)45-17-11-39-29-49-53(31-41(39)27-45)59-51-19-20-52-56(55(49)51)50-30-40-12-18-46(28-42(40)32-54(50)60-52)58(44-15-9-34(2)10-16-44)48-25-37(5)22-38(6)26-48/h7-32H,1-6H3. The van der Waals surface area contributed by atoms with Crippen LogP contribution in [0.4, 0.5) is 34.1 Å². The van der Waals surface area contributed by atoms with Crippen molar-refractivity contribution in [3.63, 3.8) is 0 Å². The largest absolute Gasteiger partial charge is 0.456 e. The number of hydrogen-bond donors (Lipinski definition) is 0. The fourth-order valence-corrected chi connectivity index (χ4v) is 9.31. The number of rotatable bonds is 6. The zero-order valence-corrected chi connectivity index (χ0v) is 34.7. The minimum Gasteiger partial charge on any atom is -0.456 e. The van der Waals surface area contributed by atoms with Gasteiger partial charge in [0.2, 0.25) is 0 Å². The molecular formula is C56H44N2O2. The fraction of sp³-hybridized carbons (Fsp3) is 0.107. The SMILES string of the molecule is Cc1ccc(N(c2cc(C)cc(C)c2)c2ccc3cc4c(cc3c2)oc2ccc3oc5cc6cc(N(c7ccc(C)cc7)c7cc(C)cc(C)c7)ccc6cc5c3c24)cc1. The van der Waals surface area contributed by atoms with Crippen molar-refractivity contribution < 1.29 is 8.83 Å². The first-order valence-electron chi connectivity index (χ1n) is 20.7. The first kappa shape index (κ1) is 35.8. The molecule has 0 aliphatic rings. The summed E-state index contributed by atoms with van der Waals surface area (Å²) in [7, 11) is 0. The van der Waals surface area contributed by atoms with Gasteiger partial charge in [-0.15, -0.1) is 0 Å². The Labute approximate surface area is 349 Å². The summed E-state index contributed by atoms with van der Waals surface area (Å²) >= 11 is 0. The summed E-state index contributed by atoms with van der Waals surface area (Å²) < 4.78 is 13.4. The topological polar surface area (TPSA) is 32.8 Å². The molecule has 0 N–H and O–H groups in total. The highest BCUT2D eigenvalue weighted by Gasteiger charge is 2.20. The van der Waals surface area contributed by atoms with Gasteiger partial charge in [0.25, 0.3) is 0 Å². The third-order valence-electron chi connectivity index (χ3n) is 12.0. The van der Waals surface area contributed by atoms with Crippen LogP contribution in [-0.4, -0.2) is 0 Å². The van der Waals surface area contributed by atoms with Gasteiger partial charge >= 0.3 is 0 Å². The van der Waals surface area contributed by atoms with E-state index in [9.17, 15) is 0 Å². The molecule has 2 heterocycles. The highest BCUT2D eigenvalue weighted by Crippen LogP contribution is 2.45. The molecule has 0 amide bonds. The van der Waals surface area contributed by atoms with Crippen molar-refractivity contribution in [2.24, 2.45) is 0 Å². The van der Waals surface area contributed by atoms with Gasteiger partial charge in [-0.2, -0.15) is 0 Å². The van der Waals surface area contributed by atoms with E-state index in [2.05, 4.69) is 209 Å². The van der Waals surface area contributed by atoms with Crippen LogP contribution in [0.5, 0.6) is 0 Å². The van der Waals surface area contributed by atoms with E-state index in [1.54, 1.807) is 0 Å². The highest BCUT2D eigenvalue weighted by atomic mass is 16.3. The molecule has 11 aromatic rings. The number of anilines is 6. The molecule has 0 saturated carbocycles. The minimum absolute atomic E-state index is 0.852. The molecule has 4 nitrogen and oxygen atoms in total. The molecule has 0 aliphatic heterocycles. The van der Waals surface area contributed by atoms with Crippen LogP contribution in [0.3, 0.4) is 0 Å². The number of fused-ring (bicyclic) bond motifs is 9. The van der Waals surface area contributed by atoms with Gasteiger partial charge in [-0.05, 0) is 195 Å². The van der Waals surface area contributed by atoms with Gasteiger partial charge in [0.15, 0.2) is 0 Å². The van der Waals surface area contributed by atoms with E-state index < -0.39 is 0 Å². The van der Waals surface area contributed by atoms with Crippen LogP contribution in [0.15, 0.2) is 167 Å². The van der Waals surface area contributed by atoms with Gasteiger partial charge in [-0.25, -0.2) is 0 Å². The van der Waals surface area contributed by atoms with E-state index in [0.717, 1.165) is 99.5 Å². The van der Waals surface area contributed by atoms with Crippen molar-refractivity contribution in [1.29, 1.82) is 0 Å². The summed E-state index contributed by atoms with van der Waals surface area (Å²) in [4.78, 5) is 4.69. The Bertz CT molecular complexity index is 3220. The van der Waals surface area contributed by atoms with E-state index in [0.29, 0.717) is 0 Å². The number of hydrogen-bond acceptors (Lipinski definition) is 4. The lowest BCUT2D eigenvalue weighted by Gasteiger charge is -2.26. The maximum Gasteiger partial charge on any atom is 0.136 e. The Hall–Kier alpha value is -7.30. The van der Waals surface area contributed by atoms with E-state index in [-0.39, 0.29) is 0 Å². The average molecular weight is 777 g/mol. The molecular weight excluding hydrogens is 733 g/mol. The van der Waals surface area contributed by atoms with Crippen LogP contribution in [0, 0.1) is 41.5 Å². The van der Waals surface area contributed by atoms with Crippen molar-refractivity contribution in [1.82, 2.24) is 0 Å². The van der Waals surface area contributed by atoms with Gasteiger partial charge in [-0.3, -0.25) is 0 Å². The predicted octanol–water partition coefficient (Wildman–Crippen LogP) is 16.6. The predicted molar refractivity (Wildman–Crippen MR) is 254 cm³/mol. The summed E-state index contributed by atoms with van der Waals surface area (Å²) in [6, 6.07) is 57.6. The van der Waals surface area contributed by atoms with E-state index >= 15 is 0 Å². The molecule has 0 fully saturated rings. The Kier molecular flexibility index (Phi) is 8.15. The smallest absolute Gasteiger partial charge is 0.136 e. The molecule has 0 aliphatic carbocycles. The molecule has 290 valence electrons. The normalized spacial score (nSPS) is 11.8. The first-order valence-corrected chi connectivity index (χ1v) is 20.7. The minimum atomic E-state index is 0.852. The van der Waals surface area contributed by atoms with Gasteiger partial charge in [0.05, 0.1) is 0 Å². The third-order valence-corrected chi connectivity index (χ3v) is 12.0. The van der Waals surface area contributed by atoms with Gasteiger partial charge in [0.1, 0.15) is 22.3 Å². The molecule has 0 spiro atoms. The highest BCUT2D eigenvalue weighted by molar-refractivity contribution is 6.27. The lowest BCUT2D eigenvalue weighted by Crippen LogP contribution is -2.10. The summed E-state index contributed by atoms with van der Waals surface area (Å²) in [6.07, 6.45) is 0. The lowest BCUT2D eigenvalue weighted by molar-refractivity contribution is 0.663. The summed E-state index contributed by atoms with van der Waals surface area (Å²) in [5, 5.41) is 8.89. The molecule has 11 rings (SSSR count). The monoisotopic (exact) mass is 776 g/mol. The van der Waals surface area contributed by atoms with E-state index in [1.807, 2.05) is 0 Å². The molecule has 2 aromatic heterocycles. The molecule has 4 heteroatoms. The Morgan fingerprint density at radius 2 is 0.633 bits per heavy atom. The van der Waals surface area contributed by atoms with Crippen molar-refractivity contribution in [3.8, 4) is 0 Å². The van der Waals surface area contributed by atoms with E-state index in [1.165, 1.54) is 33.4 Å². The van der Waals surface area contributed by atoms with Crippen molar-refractivity contribution in [2.75, 3.05) is 9.80 Å². The average Bonchev–Trinajstić information content (AvgIpc) is 3.76. The van der Waals surface area contributed by atoms with Crippen LogP contribution in [0.1, 0.15) is 33.4 Å².